The standard InChI is InChI=1S/C30H34N2O6S/c1-2-37-29(33)14-9-19-38-26-15-16-27-25(20-26)17-18-32(30(34)24-12-7-4-8-13-24)28(27)21-31-39(35,36)22-23-10-5-3-6-11-23/h3-8,10-13,15-16,20,28,31H,2,9,14,17-19,21-22H2,1H3. The summed E-state index contributed by atoms with van der Waals surface area (Å²) in [5.74, 6) is 0.141. The molecule has 3 aromatic rings. The van der Waals surface area contributed by atoms with Crippen molar-refractivity contribution >= 4 is 21.9 Å². The van der Waals surface area contributed by atoms with E-state index in [1.807, 2.05) is 42.5 Å². The summed E-state index contributed by atoms with van der Waals surface area (Å²) in [6, 6.07) is 23.2. The fourth-order valence-corrected chi connectivity index (χ4v) is 5.82. The molecule has 1 aliphatic heterocycles. The first-order valence-corrected chi connectivity index (χ1v) is 14.8. The number of nitrogens with zero attached hydrogens (tertiary/aromatic N) is 1. The average Bonchev–Trinajstić information content (AvgIpc) is 2.94. The summed E-state index contributed by atoms with van der Waals surface area (Å²) < 4.78 is 39.4. The van der Waals surface area contributed by atoms with E-state index in [9.17, 15) is 18.0 Å². The largest absolute Gasteiger partial charge is 0.494 e. The molecule has 39 heavy (non-hydrogen) atoms. The summed E-state index contributed by atoms with van der Waals surface area (Å²) in [4.78, 5) is 26.7. The predicted molar refractivity (Wildman–Crippen MR) is 149 cm³/mol. The van der Waals surface area contributed by atoms with Gasteiger partial charge in [-0.05, 0) is 60.7 Å². The van der Waals surface area contributed by atoms with E-state index in [2.05, 4.69) is 4.72 Å². The Kier molecular flexibility index (Phi) is 9.73. The van der Waals surface area contributed by atoms with Gasteiger partial charge in [0.05, 0.1) is 25.0 Å². The van der Waals surface area contributed by atoms with Gasteiger partial charge >= 0.3 is 5.97 Å². The first kappa shape index (κ1) is 28.3. The van der Waals surface area contributed by atoms with Crippen LogP contribution in [-0.4, -0.2) is 51.5 Å². The smallest absolute Gasteiger partial charge is 0.305 e. The van der Waals surface area contributed by atoms with Gasteiger partial charge in [-0.1, -0.05) is 54.6 Å². The van der Waals surface area contributed by atoms with Crippen LogP contribution >= 0.6 is 0 Å². The minimum Gasteiger partial charge on any atom is -0.494 e. The summed E-state index contributed by atoms with van der Waals surface area (Å²) in [5, 5.41) is 0. The molecule has 0 saturated heterocycles. The summed E-state index contributed by atoms with van der Waals surface area (Å²) in [7, 11) is -3.64. The van der Waals surface area contributed by atoms with Crippen molar-refractivity contribution < 1.29 is 27.5 Å². The van der Waals surface area contributed by atoms with E-state index in [4.69, 9.17) is 9.47 Å². The molecule has 0 aromatic heterocycles. The summed E-state index contributed by atoms with van der Waals surface area (Å²) in [6.45, 7) is 3.01. The normalized spacial score (nSPS) is 14.9. The maximum absolute atomic E-state index is 13.5. The number of esters is 1. The molecule has 0 spiro atoms. The van der Waals surface area contributed by atoms with Crippen molar-refractivity contribution in [3.63, 3.8) is 0 Å². The van der Waals surface area contributed by atoms with Crippen LogP contribution < -0.4 is 9.46 Å². The van der Waals surface area contributed by atoms with Gasteiger partial charge in [-0.2, -0.15) is 0 Å². The van der Waals surface area contributed by atoms with Crippen LogP contribution in [0.4, 0.5) is 0 Å². The molecule has 1 unspecified atom stereocenters. The number of sulfonamides is 1. The lowest BCUT2D eigenvalue weighted by molar-refractivity contribution is -0.143. The first-order chi connectivity index (χ1) is 18.9. The van der Waals surface area contributed by atoms with Crippen molar-refractivity contribution in [1.29, 1.82) is 0 Å². The number of carbonyl (C=O) groups is 2. The number of ether oxygens (including phenoxy) is 2. The number of fused-ring (bicyclic) bond motifs is 1. The first-order valence-electron chi connectivity index (χ1n) is 13.1. The SMILES string of the molecule is CCOC(=O)CCCOc1ccc2c(c1)CCN(C(=O)c1ccccc1)C2CNS(=O)(=O)Cc1ccccc1. The molecule has 8 nitrogen and oxygen atoms in total. The molecule has 206 valence electrons. The molecule has 1 heterocycles. The van der Waals surface area contributed by atoms with Gasteiger partial charge in [0.1, 0.15) is 5.75 Å². The van der Waals surface area contributed by atoms with Gasteiger partial charge < -0.3 is 14.4 Å². The van der Waals surface area contributed by atoms with Crippen molar-refractivity contribution in [3.8, 4) is 5.75 Å². The Morgan fingerprint density at radius 1 is 1.00 bits per heavy atom. The molecule has 0 bridgehead atoms. The van der Waals surface area contributed by atoms with E-state index in [0.29, 0.717) is 55.9 Å². The highest BCUT2D eigenvalue weighted by molar-refractivity contribution is 7.88. The van der Waals surface area contributed by atoms with Gasteiger partial charge in [0, 0.05) is 25.1 Å². The molecule has 9 heteroatoms. The van der Waals surface area contributed by atoms with Crippen molar-refractivity contribution in [1.82, 2.24) is 9.62 Å². The second-order valence-corrected chi connectivity index (χ2v) is 11.1. The maximum atomic E-state index is 13.5. The zero-order valence-electron chi connectivity index (χ0n) is 22.0. The third-order valence-electron chi connectivity index (χ3n) is 6.55. The number of benzene rings is 3. The number of nitrogens with one attached hydrogen (secondary N) is 1. The van der Waals surface area contributed by atoms with E-state index in [1.54, 1.807) is 48.2 Å². The van der Waals surface area contributed by atoms with Gasteiger partial charge in [0.15, 0.2) is 0 Å². The summed E-state index contributed by atoms with van der Waals surface area (Å²) in [6.07, 6.45) is 1.45. The molecule has 3 aromatic carbocycles. The zero-order chi connectivity index (χ0) is 27.7. The monoisotopic (exact) mass is 550 g/mol. The Balaban J connectivity index is 1.50. The van der Waals surface area contributed by atoms with Crippen LogP contribution in [0.5, 0.6) is 5.75 Å². The van der Waals surface area contributed by atoms with Crippen LogP contribution in [0.3, 0.4) is 0 Å². The topological polar surface area (TPSA) is 102 Å². The molecular weight excluding hydrogens is 516 g/mol. The molecule has 1 aliphatic rings. The Bertz CT molecular complexity index is 1360. The molecule has 0 radical (unpaired) electrons. The van der Waals surface area contributed by atoms with Crippen molar-refractivity contribution in [2.24, 2.45) is 0 Å². The van der Waals surface area contributed by atoms with E-state index in [1.165, 1.54) is 0 Å². The van der Waals surface area contributed by atoms with E-state index >= 15 is 0 Å². The number of carbonyl (C=O) groups excluding carboxylic acids is 2. The highest BCUT2D eigenvalue weighted by Crippen LogP contribution is 2.33. The molecule has 0 fully saturated rings. The average molecular weight is 551 g/mol. The third-order valence-corrected chi connectivity index (χ3v) is 7.87. The predicted octanol–water partition coefficient (Wildman–Crippen LogP) is 4.27. The lowest BCUT2D eigenvalue weighted by Crippen LogP contribution is -2.45. The lowest BCUT2D eigenvalue weighted by atomic mass is 9.91. The number of amides is 1. The van der Waals surface area contributed by atoms with Crippen molar-refractivity contribution in [2.45, 2.75) is 38.0 Å². The van der Waals surface area contributed by atoms with E-state index in [0.717, 1.165) is 11.1 Å². The van der Waals surface area contributed by atoms with Crippen LogP contribution in [0.25, 0.3) is 0 Å². The van der Waals surface area contributed by atoms with Gasteiger partial charge in [0.25, 0.3) is 5.91 Å². The molecule has 1 N–H and O–H groups in total. The van der Waals surface area contributed by atoms with Crippen LogP contribution in [0.15, 0.2) is 78.9 Å². The Morgan fingerprint density at radius 2 is 1.72 bits per heavy atom. The Morgan fingerprint density at radius 3 is 2.44 bits per heavy atom. The number of hydrogen-bond acceptors (Lipinski definition) is 6. The zero-order valence-corrected chi connectivity index (χ0v) is 22.9. The van der Waals surface area contributed by atoms with E-state index in [-0.39, 0.29) is 24.2 Å². The number of rotatable bonds is 12. The van der Waals surface area contributed by atoms with Gasteiger partial charge in [-0.25, -0.2) is 13.1 Å². The fourth-order valence-electron chi connectivity index (χ4n) is 4.68. The van der Waals surface area contributed by atoms with Crippen LogP contribution in [0, 0.1) is 0 Å². The highest BCUT2D eigenvalue weighted by Gasteiger charge is 2.32. The molecule has 1 atom stereocenters. The maximum Gasteiger partial charge on any atom is 0.305 e. The summed E-state index contributed by atoms with van der Waals surface area (Å²) >= 11 is 0. The second kappa shape index (κ2) is 13.4. The minimum absolute atomic E-state index is 0.0560. The van der Waals surface area contributed by atoms with Crippen LogP contribution in [0.2, 0.25) is 0 Å². The van der Waals surface area contributed by atoms with Gasteiger partial charge in [0.2, 0.25) is 10.0 Å². The second-order valence-electron chi connectivity index (χ2n) is 9.34. The molecule has 4 rings (SSSR count). The minimum atomic E-state index is -3.64. The van der Waals surface area contributed by atoms with E-state index < -0.39 is 16.1 Å². The molecule has 1 amide bonds. The van der Waals surface area contributed by atoms with Gasteiger partial charge in [-0.15, -0.1) is 0 Å². The van der Waals surface area contributed by atoms with Gasteiger partial charge in [-0.3, -0.25) is 9.59 Å². The third kappa shape index (κ3) is 7.91. The highest BCUT2D eigenvalue weighted by atomic mass is 32.2. The Labute approximate surface area is 230 Å². The molecule has 0 aliphatic carbocycles. The molecular formula is C30H34N2O6S. The number of hydrogen-bond donors (Lipinski definition) is 1. The lowest BCUT2D eigenvalue weighted by Gasteiger charge is -2.37. The van der Waals surface area contributed by atoms with Crippen LogP contribution in [0.1, 0.15) is 52.9 Å². The van der Waals surface area contributed by atoms with Crippen molar-refractivity contribution in [2.75, 3.05) is 26.3 Å². The van der Waals surface area contributed by atoms with Crippen LogP contribution in [-0.2, 0) is 31.7 Å². The molecule has 0 saturated carbocycles. The Hall–Kier alpha value is -3.69. The fraction of sp³-hybridized carbons (Fsp3) is 0.333. The van der Waals surface area contributed by atoms with Crippen molar-refractivity contribution in [3.05, 3.63) is 101 Å². The summed E-state index contributed by atoms with van der Waals surface area (Å²) in [5.41, 5.74) is 3.13. The quantitative estimate of drug-likeness (QED) is 0.267.